The Morgan fingerprint density at radius 3 is 2.50 bits per heavy atom. The average Bonchev–Trinajstić information content (AvgIpc) is 2.37. The van der Waals surface area contributed by atoms with Crippen LogP contribution in [0.1, 0.15) is 34.1 Å². The maximum Gasteiger partial charge on any atom is 0.408 e. The predicted molar refractivity (Wildman–Crippen MR) is 99.5 cm³/mol. The molecule has 1 rings (SSSR count). The molecule has 1 atom stereocenters. The average molecular weight is 365 g/mol. The fraction of sp³-hybridized carbons (Fsp3) is 0.769. The first kappa shape index (κ1) is 19.4. The quantitative estimate of drug-likeness (QED) is 0.401. The van der Waals surface area contributed by atoms with Crippen molar-refractivity contribution in [3.63, 3.8) is 0 Å². The third-order valence-corrected chi connectivity index (χ3v) is 5.59. The van der Waals surface area contributed by atoms with Crippen molar-refractivity contribution in [1.82, 2.24) is 10.7 Å². The number of rotatable bonds is 4. The van der Waals surface area contributed by atoms with Gasteiger partial charge in [-0.2, -0.15) is 5.10 Å². The zero-order valence-electron chi connectivity index (χ0n) is 13.3. The van der Waals surface area contributed by atoms with Gasteiger partial charge in [-0.15, -0.1) is 23.5 Å². The largest absolute Gasteiger partial charge is 0.444 e. The number of thiocarbonyl (C=S) groups is 1. The van der Waals surface area contributed by atoms with E-state index in [2.05, 4.69) is 15.8 Å². The number of hydrogen-bond donors (Lipinski definition) is 3. The van der Waals surface area contributed by atoms with Crippen LogP contribution in [0.15, 0.2) is 5.10 Å². The fourth-order valence-corrected chi connectivity index (χ4v) is 4.79. The van der Waals surface area contributed by atoms with Crippen LogP contribution < -0.4 is 16.5 Å². The molecule has 22 heavy (non-hydrogen) atoms. The van der Waals surface area contributed by atoms with Gasteiger partial charge in [0.15, 0.2) is 5.11 Å². The molecule has 1 heterocycles. The Bertz CT molecular complexity index is 431. The number of ether oxygens (including phenoxy) is 1. The molecule has 1 saturated heterocycles. The standard InChI is InChI=1S/C13H24N4O2S3/c1-8(15-12(18)19-13(2,3)4)9(16-17-11(14)20)10-21-6-5-7-22-10/h8,10H,5-7H2,1-4H3,(H,15,18)(H3,14,17,20)/b16-9-/t8-/m0/s1. The van der Waals surface area contributed by atoms with Gasteiger partial charge in [0.25, 0.3) is 0 Å². The molecule has 0 radical (unpaired) electrons. The van der Waals surface area contributed by atoms with Crippen LogP contribution in [0.2, 0.25) is 0 Å². The molecule has 0 aromatic heterocycles. The normalized spacial score (nSPS) is 18.5. The van der Waals surface area contributed by atoms with E-state index >= 15 is 0 Å². The summed E-state index contributed by atoms with van der Waals surface area (Å²) in [6, 6.07) is -0.278. The van der Waals surface area contributed by atoms with Crippen LogP contribution >= 0.6 is 35.7 Å². The highest BCUT2D eigenvalue weighted by Crippen LogP contribution is 2.32. The summed E-state index contributed by atoms with van der Waals surface area (Å²) in [7, 11) is 0. The van der Waals surface area contributed by atoms with Crippen molar-refractivity contribution in [3.8, 4) is 0 Å². The minimum atomic E-state index is -0.535. The highest BCUT2D eigenvalue weighted by Gasteiger charge is 2.27. The van der Waals surface area contributed by atoms with Crippen molar-refractivity contribution >= 4 is 52.7 Å². The molecule has 1 aliphatic rings. The lowest BCUT2D eigenvalue weighted by Crippen LogP contribution is -2.45. The molecule has 1 amide bonds. The lowest BCUT2D eigenvalue weighted by molar-refractivity contribution is 0.0521. The van der Waals surface area contributed by atoms with Gasteiger partial charge < -0.3 is 15.8 Å². The summed E-state index contributed by atoms with van der Waals surface area (Å²) in [6.07, 6.45) is 0.712. The number of nitrogens with two attached hydrogens (primary N) is 1. The molecule has 0 unspecified atom stereocenters. The Labute approximate surface area is 145 Å². The first-order valence-electron chi connectivity index (χ1n) is 7.04. The van der Waals surface area contributed by atoms with E-state index in [1.165, 1.54) is 6.42 Å². The van der Waals surface area contributed by atoms with Gasteiger partial charge in [-0.1, -0.05) is 0 Å². The third kappa shape index (κ3) is 7.55. The first-order valence-corrected chi connectivity index (χ1v) is 9.55. The number of alkyl carbamates (subject to hydrolysis) is 1. The van der Waals surface area contributed by atoms with E-state index in [9.17, 15) is 4.79 Å². The summed E-state index contributed by atoms with van der Waals surface area (Å²) < 4.78 is 5.45. The van der Waals surface area contributed by atoms with Crippen molar-refractivity contribution in [2.45, 2.75) is 50.3 Å². The summed E-state index contributed by atoms with van der Waals surface area (Å²) in [6.45, 7) is 7.36. The van der Waals surface area contributed by atoms with Crippen LogP contribution in [0, 0.1) is 0 Å². The second-order valence-electron chi connectivity index (χ2n) is 5.81. The van der Waals surface area contributed by atoms with Crippen LogP contribution in [-0.4, -0.2) is 44.6 Å². The zero-order valence-corrected chi connectivity index (χ0v) is 15.8. The fourth-order valence-electron chi connectivity index (χ4n) is 1.69. The Morgan fingerprint density at radius 2 is 2.00 bits per heavy atom. The van der Waals surface area contributed by atoms with E-state index in [4.69, 9.17) is 22.7 Å². The number of nitrogens with zero attached hydrogens (tertiary/aromatic N) is 1. The Hall–Kier alpha value is -0.670. The molecule has 4 N–H and O–H groups in total. The molecular formula is C13H24N4O2S3. The molecule has 1 aliphatic heterocycles. The number of hydrogen-bond acceptors (Lipinski definition) is 6. The summed E-state index contributed by atoms with van der Waals surface area (Å²) >= 11 is 8.41. The van der Waals surface area contributed by atoms with Gasteiger partial charge in [-0.25, -0.2) is 4.79 Å². The number of carbonyl (C=O) groups excluding carboxylic acids is 1. The summed E-state index contributed by atoms with van der Waals surface area (Å²) in [5.41, 5.74) is 8.33. The Kier molecular flexibility index (Phi) is 7.78. The summed E-state index contributed by atoms with van der Waals surface area (Å²) in [4.78, 5) is 11.9. The third-order valence-electron chi connectivity index (χ3n) is 2.54. The van der Waals surface area contributed by atoms with Crippen LogP contribution in [0.4, 0.5) is 4.79 Å². The van der Waals surface area contributed by atoms with Gasteiger partial charge in [-0.3, -0.25) is 5.43 Å². The molecule has 9 heteroatoms. The molecule has 126 valence electrons. The minimum Gasteiger partial charge on any atom is -0.444 e. The van der Waals surface area contributed by atoms with Gasteiger partial charge in [0.05, 0.1) is 16.3 Å². The van der Waals surface area contributed by atoms with E-state index in [-0.39, 0.29) is 15.7 Å². The number of thioether (sulfide) groups is 2. The van der Waals surface area contributed by atoms with Gasteiger partial charge in [0, 0.05) is 0 Å². The van der Waals surface area contributed by atoms with Crippen LogP contribution in [0.25, 0.3) is 0 Å². The van der Waals surface area contributed by atoms with Crippen molar-refractivity contribution < 1.29 is 9.53 Å². The number of carbonyl (C=O) groups is 1. The van der Waals surface area contributed by atoms with Crippen LogP contribution in [-0.2, 0) is 4.74 Å². The minimum absolute atomic E-state index is 0.104. The maximum atomic E-state index is 11.9. The Morgan fingerprint density at radius 1 is 1.41 bits per heavy atom. The van der Waals surface area contributed by atoms with Crippen molar-refractivity contribution in [1.29, 1.82) is 0 Å². The molecule has 0 aromatic carbocycles. The molecule has 1 fully saturated rings. The number of amides is 1. The molecule has 0 aromatic rings. The van der Waals surface area contributed by atoms with E-state index in [1.54, 1.807) is 0 Å². The second-order valence-corrected chi connectivity index (χ2v) is 8.97. The SMILES string of the molecule is C[C@H](NC(=O)OC(C)(C)C)/C(=N/NC(N)=S)C1SCCCS1. The van der Waals surface area contributed by atoms with E-state index < -0.39 is 11.7 Å². The molecule has 0 saturated carbocycles. The molecular weight excluding hydrogens is 340 g/mol. The topological polar surface area (TPSA) is 88.7 Å². The lowest BCUT2D eigenvalue weighted by Gasteiger charge is -2.27. The first-order chi connectivity index (χ1) is 10.2. The Balaban J connectivity index is 2.74. The number of hydrazone groups is 1. The predicted octanol–water partition coefficient (Wildman–Crippen LogP) is 2.29. The van der Waals surface area contributed by atoms with Crippen molar-refractivity contribution in [2.24, 2.45) is 10.8 Å². The molecule has 0 aliphatic carbocycles. The molecule has 6 nitrogen and oxygen atoms in total. The monoisotopic (exact) mass is 364 g/mol. The van der Waals surface area contributed by atoms with Gasteiger partial charge in [0.1, 0.15) is 5.60 Å². The molecule has 0 spiro atoms. The van der Waals surface area contributed by atoms with Gasteiger partial charge in [0.2, 0.25) is 0 Å². The maximum absolute atomic E-state index is 11.9. The molecule has 0 bridgehead atoms. The zero-order chi connectivity index (χ0) is 16.8. The lowest BCUT2D eigenvalue weighted by atomic mass is 10.2. The van der Waals surface area contributed by atoms with Gasteiger partial charge >= 0.3 is 6.09 Å². The van der Waals surface area contributed by atoms with Gasteiger partial charge in [-0.05, 0) is 57.8 Å². The van der Waals surface area contributed by atoms with E-state index in [0.717, 1.165) is 17.2 Å². The summed E-state index contributed by atoms with van der Waals surface area (Å²) in [5.74, 6) is 2.14. The van der Waals surface area contributed by atoms with E-state index in [1.807, 2.05) is 51.2 Å². The summed E-state index contributed by atoms with van der Waals surface area (Å²) in [5, 5.41) is 7.20. The van der Waals surface area contributed by atoms with Crippen molar-refractivity contribution in [3.05, 3.63) is 0 Å². The van der Waals surface area contributed by atoms with Crippen LogP contribution in [0.5, 0.6) is 0 Å². The highest BCUT2D eigenvalue weighted by atomic mass is 32.2. The van der Waals surface area contributed by atoms with Crippen molar-refractivity contribution in [2.75, 3.05) is 11.5 Å². The van der Waals surface area contributed by atoms with E-state index in [0.29, 0.717) is 0 Å². The van der Waals surface area contributed by atoms with Crippen LogP contribution in [0.3, 0.4) is 0 Å². The second kappa shape index (κ2) is 8.83. The highest BCUT2D eigenvalue weighted by molar-refractivity contribution is 8.18. The smallest absolute Gasteiger partial charge is 0.408 e. The number of nitrogens with one attached hydrogen (secondary N) is 2.